The van der Waals surface area contributed by atoms with E-state index >= 15 is 0 Å². The minimum atomic E-state index is 0.292. The molecule has 0 aliphatic carbocycles. The maximum atomic E-state index is 10.3. The van der Waals surface area contributed by atoms with Gasteiger partial charge in [0.05, 0.1) is 19.8 Å². The molecule has 0 spiro atoms. The predicted octanol–water partition coefficient (Wildman–Crippen LogP) is 3.16. The molecule has 1 saturated heterocycles. The Morgan fingerprint density at radius 1 is 1.32 bits per heavy atom. The summed E-state index contributed by atoms with van der Waals surface area (Å²) in [4.78, 5) is 2.35. The molecular formula is C18H23NO3. The van der Waals surface area contributed by atoms with Crippen molar-refractivity contribution in [3.8, 4) is 11.5 Å². The van der Waals surface area contributed by atoms with E-state index in [0.717, 1.165) is 54.7 Å². The third-order valence-electron chi connectivity index (χ3n) is 4.38. The smallest absolute Gasteiger partial charge is 0.120 e. The van der Waals surface area contributed by atoms with Gasteiger partial charge in [-0.2, -0.15) is 0 Å². The Bertz CT molecular complexity index is 656. The molecule has 1 aliphatic rings. The molecule has 1 heterocycles. The lowest BCUT2D eigenvalue weighted by atomic mass is 10.0. The first-order valence-corrected chi connectivity index (χ1v) is 7.83. The molecule has 4 heteroatoms. The number of phenols is 1. The molecule has 1 aliphatic heterocycles. The summed E-state index contributed by atoms with van der Waals surface area (Å²) >= 11 is 0. The quantitative estimate of drug-likeness (QED) is 0.942. The van der Waals surface area contributed by atoms with Crippen LogP contribution in [-0.4, -0.2) is 42.9 Å². The molecule has 1 N–H and O–H groups in total. The van der Waals surface area contributed by atoms with Crippen LogP contribution < -0.4 is 4.74 Å². The Hall–Kier alpha value is -1.78. The fourth-order valence-corrected chi connectivity index (χ4v) is 3.04. The van der Waals surface area contributed by atoms with Crippen LogP contribution in [0.2, 0.25) is 0 Å². The van der Waals surface area contributed by atoms with Gasteiger partial charge in [-0.15, -0.1) is 0 Å². The number of methoxy groups -OCH3 is 1. The third kappa shape index (κ3) is 3.03. The number of morpholine rings is 1. The number of aromatic hydroxyl groups is 1. The summed E-state index contributed by atoms with van der Waals surface area (Å²) in [6.45, 7) is 5.45. The highest BCUT2D eigenvalue weighted by Gasteiger charge is 2.20. The van der Waals surface area contributed by atoms with Crippen LogP contribution in [-0.2, 0) is 11.3 Å². The molecule has 1 fully saturated rings. The topological polar surface area (TPSA) is 41.9 Å². The number of ether oxygens (including phenoxy) is 2. The maximum Gasteiger partial charge on any atom is 0.120 e. The average Bonchev–Trinajstić information content (AvgIpc) is 2.57. The highest BCUT2D eigenvalue weighted by molar-refractivity contribution is 5.88. The number of phenolic OH excluding ortho intramolecular Hbond substituents is 1. The molecule has 0 bridgehead atoms. The van der Waals surface area contributed by atoms with Crippen molar-refractivity contribution < 1.29 is 14.6 Å². The first-order valence-electron chi connectivity index (χ1n) is 7.83. The number of hydrogen-bond acceptors (Lipinski definition) is 4. The van der Waals surface area contributed by atoms with Gasteiger partial charge in [0.25, 0.3) is 0 Å². The highest BCUT2D eigenvalue weighted by Crippen LogP contribution is 2.31. The Labute approximate surface area is 131 Å². The van der Waals surface area contributed by atoms with Gasteiger partial charge in [0, 0.05) is 25.2 Å². The van der Waals surface area contributed by atoms with E-state index in [2.05, 4.69) is 11.8 Å². The lowest BCUT2D eigenvalue weighted by molar-refractivity contribution is -0.0325. The third-order valence-corrected chi connectivity index (χ3v) is 4.38. The number of fused-ring (bicyclic) bond motifs is 1. The van der Waals surface area contributed by atoms with Crippen LogP contribution in [0.4, 0.5) is 0 Å². The van der Waals surface area contributed by atoms with Gasteiger partial charge < -0.3 is 14.6 Å². The molecule has 0 amide bonds. The van der Waals surface area contributed by atoms with Gasteiger partial charge in [-0.05, 0) is 35.4 Å². The largest absolute Gasteiger partial charge is 0.508 e. The summed E-state index contributed by atoms with van der Waals surface area (Å²) in [5.74, 6) is 1.16. The Morgan fingerprint density at radius 2 is 2.14 bits per heavy atom. The fourth-order valence-electron chi connectivity index (χ4n) is 3.04. The van der Waals surface area contributed by atoms with Crippen molar-refractivity contribution in [2.24, 2.45) is 0 Å². The van der Waals surface area contributed by atoms with Crippen LogP contribution in [0.15, 0.2) is 30.3 Å². The van der Waals surface area contributed by atoms with Crippen molar-refractivity contribution in [3.05, 3.63) is 35.9 Å². The van der Waals surface area contributed by atoms with Crippen LogP contribution in [0.3, 0.4) is 0 Å². The van der Waals surface area contributed by atoms with Crippen molar-refractivity contribution in [3.63, 3.8) is 0 Å². The van der Waals surface area contributed by atoms with E-state index in [4.69, 9.17) is 9.47 Å². The van der Waals surface area contributed by atoms with Crippen LogP contribution >= 0.6 is 0 Å². The summed E-state index contributed by atoms with van der Waals surface area (Å²) in [6, 6.07) is 9.71. The van der Waals surface area contributed by atoms with Crippen molar-refractivity contribution >= 4 is 10.8 Å². The van der Waals surface area contributed by atoms with E-state index < -0.39 is 0 Å². The lowest BCUT2D eigenvalue weighted by Gasteiger charge is -2.32. The fraction of sp³-hybridized carbons (Fsp3) is 0.444. The van der Waals surface area contributed by atoms with Gasteiger partial charge in [-0.1, -0.05) is 19.1 Å². The minimum absolute atomic E-state index is 0.292. The van der Waals surface area contributed by atoms with E-state index in [9.17, 15) is 5.11 Å². The lowest BCUT2D eigenvalue weighted by Crippen LogP contribution is -2.41. The van der Waals surface area contributed by atoms with E-state index in [0.29, 0.717) is 11.9 Å². The summed E-state index contributed by atoms with van der Waals surface area (Å²) < 4.78 is 11.1. The molecule has 0 saturated carbocycles. The normalized spacial score (nSPS) is 19.5. The van der Waals surface area contributed by atoms with E-state index in [1.807, 2.05) is 24.3 Å². The van der Waals surface area contributed by atoms with Gasteiger partial charge in [-0.3, -0.25) is 4.90 Å². The molecule has 3 rings (SSSR count). The summed E-state index contributed by atoms with van der Waals surface area (Å²) in [7, 11) is 1.66. The Kier molecular flexibility index (Phi) is 4.50. The molecular weight excluding hydrogens is 278 g/mol. The van der Waals surface area contributed by atoms with Gasteiger partial charge >= 0.3 is 0 Å². The molecule has 0 aromatic heterocycles. The Balaban J connectivity index is 1.93. The van der Waals surface area contributed by atoms with Crippen molar-refractivity contribution in [1.82, 2.24) is 4.90 Å². The van der Waals surface area contributed by atoms with Gasteiger partial charge in [0.15, 0.2) is 0 Å². The summed E-state index contributed by atoms with van der Waals surface area (Å²) in [6.07, 6.45) is 1.31. The van der Waals surface area contributed by atoms with Gasteiger partial charge in [-0.25, -0.2) is 0 Å². The SMILES string of the molecule is CC[C@H]1CN(Cc2c(O)ccc3ccc(OC)cc23)CCO1. The first-order chi connectivity index (χ1) is 10.7. The number of rotatable bonds is 4. The highest BCUT2D eigenvalue weighted by atomic mass is 16.5. The molecule has 118 valence electrons. The average molecular weight is 301 g/mol. The second kappa shape index (κ2) is 6.55. The van der Waals surface area contributed by atoms with Gasteiger partial charge in [0.1, 0.15) is 11.5 Å². The number of nitrogens with zero attached hydrogens (tertiary/aromatic N) is 1. The zero-order valence-electron chi connectivity index (χ0n) is 13.2. The zero-order valence-corrected chi connectivity index (χ0v) is 13.2. The summed E-state index contributed by atoms with van der Waals surface area (Å²) in [5.41, 5.74) is 0.966. The standard InChI is InChI=1S/C18H23NO3/c1-3-14-11-19(8-9-22-14)12-17-16-10-15(21-2)6-4-13(16)5-7-18(17)20/h4-7,10,14,20H,3,8-9,11-12H2,1-2H3/t14-/m0/s1. The molecule has 4 nitrogen and oxygen atoms in total. The zero-order chi connectivity index (χ0) is 15.5. The molecule has 22 heavy (non-hydrogen) atoms. The van der Waals surface area contributed by atoms with E-state index in [1.54, 1.807) is 13.2 Å². The summed E-state index contributed by atoms with van der Waals surface area (Å²) in [5, 5.41) is 12.5. The van der Waals surface area contributed by atoms with Crippen LogP contribution in [0.25, 0.3) is 10.8 Å². The van der Waals surface area contributed by atoms with Crippen LogP contribution in [0.5, 0.6) is 11.5 Å². The van der Waals surface area contributed by atoms with Crippen LogP contribution in [0, 0.1) is 0 Å². The Morgan fingerprint density at radius 3 is 2.91 bits per heavy atom. The second-order valence-corrected chi connectivity index (χ2v) is 5.79. The van der Waals surface area contributed by atoms with E-state index in [1.165, 1.54) is 0 Å². The monoisotopic (exact) mass is 301 g/mol. The number of benzene rings is 2. The van der Waals surface area contributed by atoms with Crippen molar-refractivity contribution in [2.45, 2.75) is 26.0 Å². The molecule has 2 aromatic carbocycles. The molecule has 0 radical (unpaired) electrons. The van der Waals surface area contributed by atoms with Crippen molar-refractivity contribution in [1.29, 1.82) is 0 Å². The minimum Gasteiger partial charge on any atom is -0.508 e. The first kappa shape index (κ1) is 15.1. The molecule has 1 atom stereocenters. The molecule has 2 aromatic rings. The van der Waals surface area contributed by atoms with Crippen molar-refractivity contribution in [2.75, 3.05) is 26.8 Å². The van der Waals surface area contributed by atoms with Crippen LogP contribution in [0.1, 0.15) is 18.9 Å². The van der Waals surface area contributed by atoms with E-state index in [-0.39, 0.29) is 0 Å². The second-order valence-electron chi connectivity index (χ2n) is 5.79. The maximum absolute atomic E-state index is 10.3. The van der Waals surface area contributed by atoms with Gasteiger partial charge in [0.2, 0.25) is 0 Å². The number of hydrogen-bond donors (Lipinski definition) is 1. The molecule has 0 unspecified atom stereocenters. The predicted molar refractivity (Wildman–Crippen MR) is 87.5 cm³/mol.